The summed E-state index contributed by atoms with van der Waals surface area (Å²) in [5.41, 5.74) is 2.09. The van der Waals surface area contributed by atoms with E-state index in [4.69, 9.17) is 5.84 Å². The first-order valence-electron chi connectivity index (χ1n) is 5.35. The molecule has 0 saturated heterocycles. The molecule has 0 aromatic carbocycles. The van der Waals surface area contributed by atoms with Crippen molar-refractivity contribution < 1.29 is 9.59 Å². The molecule has 6 heteroatoms. The minimum atomic E-state index is -0.234. The van der Waals surface area contributed by atoms with Gasteiger partial charge in [-0.2, -0.15) is 0 Å². The molecule has 0 aromatic heterocycles. The molecule has 0 fully saturated rings. The average molecular weight is 230 g/mol. The van der Waals surface area contributed by atoms with Crippen molar-refractivity contribution >= 4 is 11.8 Å². The summed E-state index contributed by atoms with van der Waals surface area (Å²) in [4.78, 5) is 24.3. The molecule has 0 radical (unpaired) electrons. The van der Waals surface area contributed by atoms with Gasteiger partial charge in [-0.1, -0.05) is 6.92 Å². The van der Waals surface area contributed by atoms with E-state index in [0.717, 1.165) is 0 Å². The third-order valence-corrected chi connectivity index (χ3v) is 2.04. The Labute approximate surface area is 96.5 Å². The predicted molar refractivity (Wildman–Crippen MR) is 62.3 cm³/mol. The lowest BCUT2D eigenvalue weighted by Gasteiger charge is -2.20. The fourth-order valence-electron chi connectivity index (χ4n) is 1.37. The Bertz CT molecular complexity index is 243. The highest BCUT2D eigenvalue weighted by atomic mass is 16.2. The van der Waals surface area contributed by atoms with Crippen LogP contribution in [0.3, 0.4) is 0 Å². The van der Waals surface area contributed by atoms with E-state index in [0.29, 0.717) is 6.54 Å². The largest absolute Gasteiger partial charge is 0.353 e. The van der Waals surface area contributed by atoms with Crippen LogP contribution >= 0.6 is 0 Å². The molecule has 0 rings (SSSR count). The Hall–Kier alpha value is -1.14. The quantitative estimate of drug-likeness (QED) is 0.312. The van der Waals surface area contributed by atoms with Crippen LogP contribution in [0.25, 0.3) is 0 Å². The fourth-order valence-corrected chi connectivity index (χ4v) is 1.37. The van der Waals surface area contributed by atoms with Gasteiger partial charge in [-0.15, -0.1) is 0 Å². The number of carbonyl (C=O) groups is 2. The molecule has 0 saturated carbocycles. The molecule has 4 N–H and O–H groups in total. The lowest BCUT2D eigenvalue weighted by Crippen LogP contribution is -2.43. The van der Waals surface area contributed by atoms with Crippen molar-refractivity contribution in [3.05, 3.63) is 0 Å². The van der Waals surface area contributed by atoms with Crippen molar-refractivity contribution in [3.8, 4) is 0 Å². The lowest BCUT2D eigenvalue weighted by atomic mass is 10.1. The van der Waals surface area contributed by atoms with Gasteiger partial charge in [-0.3, -0.25) is 19.9 Å². The van der Waals surface area contributed by atoms with E-state index < -0.39 is 0 Å². The van der Waals surface area contributed by atoms with E-state index in [-0.39, 0.29) is 30.3 Å². The van der Waals surface area contributed by atoms with Crippen LogP contribution in [0.15, 0.2) is 0 Å². The summed E-state index contributed by atoms with van der Waals surface area (Å²) < 4.78 is 0. The standard InChI is InChI=1S/C10H22N4O2/c1-7(2)12-9(15)6-14(4)5-8(3)10(16)13-11/h7-8H,5-6,11H2,1-4H3,(H,12,15)(H,13,16). The van der Waals surface area contributed by atoms with Crippen LogP contribution in [-0.4, -0.2) is 42.9 Å². The first-order chi connectivity index (χ1) is 7.36. The number of nitrogens with one attached hydrogen (secondary N) is 2. The number of hydrogen-bond acceptors (Lipinski definition) is 4. The maximum absolute atomic E-state index is 11.4. The Kier molecular flexibility index (Phi) is 6.67. The highest BCUT2D eigenvalue weighted by Crippen LogP contribution is 1.97. The maximum atomic E-state index is 11.4. The third kappa shape index (κ3) is 6.36. The molecule has 0 spiro atoms. The molecule has 0 heterocycles. The minimum absolute atomic E-state index is 0.0437. The van der Waals surface area contributed by atoms with Gasteiger partial charge in [0.15, 0.2) is 0 Å². The number of rotatable bonds is 6. The molecule has 0 aromatic rings. The summed E-state index contributed by atoms with van der Waals surface area (Å²) in [6.07, 6.45) is 0. The molecule has 0 aliphatic heterocycles. The first kappa shape index (κ1) is 14.9. The summed E-state index contributed by atoms with van der Waals surface area (Å²) in [5.74, 6) is 4.51. The van der Waals surface area contributed by atoms with E-state index in [1.54, 1.807) is 18.9 Å². The number of nitrogens with two attached hydrogens (primary N) is 1. The maximum Gasteiger partial charge on any atom is 0.237 e. The summed E-state index contributed by atoms with van der Waals surface area (Å²) >= 11 is 0. The molecule has 16 heavy (non-hydrogen) atoms. The Morgan fingerprint density at radius 3 is 2.31 bits per heavy atom. The summed E-state index contributed by atoms with van der Waals surface area (Å²) in [7, 11) is 1.79. The Morgan fingerprint density at radius 2 is 1.88 bits per heavy atom. The first-order valence-corrected chi connectivity index (χ1v) is 5.35. The molecule has 2 amide bonds. The molecule has 0 bridgehead atoms. The van der Waals surface area contributed by atoms with Crippen molar-refractivity contribution in [1.29, 1.82) is 0 Å². The van der Waals surface area contributed by atoms with Crippen molar-refractivity contribution in [2.24, 2.45) is 11.8 Å². The van der Waals surface area contributed by atoms with Gasteiger partial charge in [0, 0.05) is 18.5 Å². The smallest absolute Gasteiger partial charge is 0.237 e. The van der Waals surface area contributed by atoms with Crippen molar-refractivity contribution in [2.75, 3.05) is 20.1 Å². The van der Waals surface area contributed by atoms with Crippen LogP contribution in [0.4, 0.5) is 0 Å². The molecule has 94 valence electrons. The molecule has 0 aliphatic carbocycles. The third-order valence-electron chi connectivity index (χ3n) is 2.04. The monoisotopic (exact) mass is 230 g/mol. The highest BCUT2D eigenvalue weighted by Gasteiger charge is 2.15. The van der Waals surface area contributed by atoms with Crippen LogP contribution in [0.5, 0.6) is 0 Å². The Morgan fingerprint density at radius 1 is 1.31 bits per heavy atom. The molecule has 6 nitrogen and oxygen atoms in total. The van der Waals surface area contributed by atoms with E-state index in [1.807, 2.05) is 13.8 Å². The van der Waals surface area contributed by atoms with Gasteiger partial charge in [0.05, 0.1) is 6.54 Å². The second-order valence-corrected chi connectivity index (χ2v) is 4.33. The van der Waals surface area contributed by atoms with Gasteiger partial charge in [0.2, 0.25) is 11.8 Å². The van der Waals surface area contributed by atoms with Gasteiger partial charge in [0.1, 0.15) is 0 Å². The van der Waals surface area contributed by atoms with Crippen LogP contribution in [0, 0.1) is 5.92 Å². The van der Waals surface area contributed by atoms with Crippen LogP contribution < -0.4 is 16.6 Å². The van der Waals surface area contributed by atoms with Gasteiger partial charge >= 0.3 is 0 Å². The summed E-state index contributed by atoms with van der Waals surface area (Å²) in [6.45, 7) is 6.35. The molecule has 1 atom stereocenters. The zero-order valence-electron chi connectivity index (χ0n) is 10.4. The Balaban J connectivity index is 3.94. The summed E-state index contributed by atoms with van der Waals surface area (Å²) in [6, 6.07) is 0.130. The van der Waals surface area contributed by atoms with Crippen molar-refractivity contribution in [3.63, 3.8) is 0 Å². The van der Waals surface area contributed by atoms with E-state index in [1.165, 1.54) is 0 Å². The highest BCUT2D eigenvalue weighted by molar-refractivity contribution is 5.79. The average Bonchev–Trinajstić information content (AvgIpc) is 2.14. The number of amides is 2. The van der Waals surface area contributed by atoms with Gasteiger partial charge < -0.3 is 5.32 Å². The molecule has 0 aliphatic rings. The second-order valence-electron chi connectivity index (χ2n) is 4.33. The van der Waals surface area contributed by atoms with Crippen molar-refractivity contribution in [2.45, 2.75) is 26.8 Å². The van der Waals surface area contributed by atoms with Gasteiger partial charge in [0.25, 0.3) is 0 Å². The van der Waals surface area contributed by atoms with Crippen LogP contribution in [-0.2, 0) is 9.59 Å². The minimum Gasteiger partial charge on any atom is -0.353 e. The number of hydrazine groups is 1. The van der Waals surface area contributed by atoms with Gasteiger partial charge in [-0.25, -0.2) is 5.84 Å². The van der Waals surface area contributed by atoms with Crippen molar-refractivity contribution in [1.82, 2.24) is 15.6 Å². The SMILES string of the molecule is CC(C)NC(=O)CN(C)CC(C)C(=O)NN. The molecule has 1 unspecified atom stereocenters. The van der Waals surface area contributed by atoms with Crippen LogP contribution in [0.1, 0.15) is 20.8 Å². The normalized spacial score (nSPS) is 12.7. The second kappa shape index (κ2) is 7.19. The number of likely N-dealkylation sites (N-methyl/N-ethyl adjacent to an activating group) is 1. The molecular formula is C10H22N4O2. The number of carbonyl (C=O) groups excluding carboxylic acids is 2. The number of nitrogens with zero attached hydrogens (tertiary/aromatic N) is 1. The van der Waals surface area contributed by atoms with Gasteiger partial charge in [-0.05, 0) is 20.9 Å². The predicted octanol–water partition coefficient (Wildman–Crippen LogP) is -0.931. The van der Waals surface area contributed by atoms with E-state index in [2.05, 4.69) is 10.7 Å². The van der Waals surface area contributed by atoms with Crippen LogP contribution in [0.2, 0.25) is 0 Å². The fraction of sp³-hybridized carbons (Fsp3) is 0.800. The van der Waals surface area contributed by atoms with E-state index >= 15 is 0 Å². The zero-order valence-corrected chi connectivity index (χ0v) is 10.4. The lowest BCUT2D eigenvalue weighted by molar-refractivity contribution is -0.127. The van der Waals surface area contributed by atoms with E-state index in [9.17, 15) is 9.59 Å². The number of hydrogen-bond donors (Lipinski definition) is 3. The molecular weight excluding hydrogens is 208 g/mol. The summed E-state index contributed by atoms with van der Waals surface area (Å²) in [5, 5.41) is 2.78. The zero-order chi connectivity index (χ0) is 12.7. The topological polar surface area (TPSA) is 87.5 Å².